The summed E-state index contributed by atoms with van der Waals surface area (Å²) in [5, 5.41) is 5.41. The maximum atomic E-state index is 12.2. The number of anilines is 1. The van der Waals surface area contributed by atoms with Crippen LogP contribution in [-0.2, 0) is 9.59 Å². The number of rotatable bonds is 8. The second-order valence-electron chi connectivity index (χ2n) is 6.80. The first kappa shape index (κ1) is 22.0. The van der Waals surface area contributed by atoms with Crippen LogP contribution in [0.5, 0.6) is 11.5 Å². The van der Waals surface area contributed by atoms with Crippen LogP contribution in [0.2, 0.25) is 0 Å². The van der Waals surface area contributed by atoms with E-state index in [1.165, 1.54) is 0 Å². The molecule has 0 atom stereocenters. The van der Waals surface area contributed by atoms with Crippen molar-refractivity contribution in [1.29, 1.82) is 0 Å². The van der Waals surface area contributed by atoms with Gasteiger partial charge in [0, 0.05) is 5.69 Å². The lowest BCUT2D eigenvalue weighted by molar-refractivity contribution is -0.125. The molecule has 6 nitrogen and oxygen atoms in total. The Kier molecular flexibility index (Phi) is 7.83. The third-order valence-electron chi connectivity index (χ3n) is 4.29. The highest BCUT2D eigenvalue weighted by molar-refractivity contribution is 5.96. The minimum Gasteiger partial charge on any atom is -0.493 e. The summed E-state index contributed by atoms with van der Waals surface area (Å²) in [6.07, 6.45) is 3.86. The monoisotopic (exact) mass is 396 g/mol. The highest BCUT2D eigenvalue weighted by Crippen LogP contribution is 2.28. The zero-order valence-electron chi connectivity index (χ0n) is 17.6. The minimum absolute atomic E-state index is 0.133. The van der Waals surface area contributed by atoms with Crippen molar-refractivity contribution in [2.75, 3.05) is 25.6 Å². The van der Waals surface area contributed by atoms with Gasteiger partial charge in [0.2, 0.25) is 5.91 Å². The van der Waals surface area contributed by atoms with E-state index in [1.54, 1.807) is 13.2 Å². The van der Waals surface area contributed by atoms with E-state index in [1.807, 2.05) is 64.1 Å². The number of benzene rings is 2. The molecular weight excluding hydrogens is 368 g/mol. The molecule has 6 heteroatoms. The summed E-state index contributed by atoms with van der Waals surface area (Å²) in [4.78, 5) is 24.2. The minimum atomic E-state index is -0.392. The van der Waals surface area contributed by atoms with Gasteiger partial charge in [-0.15, -0.1) is 0 Å². The second kappa shape index (κ2) is 10.3. The molecule has 0 aliphatic heterocycles. The van der Waals surface area contributed by atoms with E-state index in [2.05, 4.69) is 10.6 Å². The first-order valence-corrected chi connectivity index (χ1v) is 9.42. The van der Waals surface area contributed by atoms with Gasteiger partial charge in [-0.2, -0.15) is 0 Å². The van der Waals surface area contributed by atoms with Gasteiger partial charge in [-0.05, 0) is 56.5 Å². The molecule has 2 rings (SSSR count). The fourth-order valence-electron chi connectivity index (χ4n) is 3.03. The summed E-state index contributed by atoms with van der Waals surface area (Å²) < 4.78 is 10.8. The number of amides is 2. The molecule has 0 aliphatic carbocycles. The quantitative estimate of drug-likeness (QED) is 0.712. The van der Waals surface area contributed by atoms with E-state index in [4.69, 9.17) is 9.47 Å². The Balaban J connectivity index is 1.87. The molecule has 0 aromatic heterocycles. The predicted molar refractivity (Wildman–Crippen MR) is 115 cm³/mol. The van der Waals surface area contributed by atoms with Gasteiger partial charge in [0.1, 0.15) is 0 Å². The molecule has 0 fully saturated rings. The van der Waals surface area contributed by atoms with Gasteiger partial charge in [-0.1, -0.05) is 35.9 Å². The normalized spacial score (nSPS) is 10.7. The van der Waals surface area contributed by atoms with Crippen LogP contribution in [0.3, 0.4) is 0 Å². The molecule has 0 spiro atoms. The summed E-state index contributed by atoms with van der Waals surface area (Å²) in [5.74, 6) is 0.321. The lowest BCUT2D eigenvalue weighted by Gasteiger charge is -2.14. The number of carbonyl (C=O) groups excluding carboxylic acids is 2. The Bertz CT molecular complexity index is 896. The third kappa shape index (κ3) is 6.38. The number of methoxy groups -OCH3 is 1. The smallest absolute Gasteiger partial charge is 0.258 e. The van der Waals surface area contributed by atoms with E-state index in [0.717, 1.165) is 27.9 Å². The van der Waals surface area contributed by atoms with Crippen LogP contribution in [0.25, 0.3) is 6.08 Å². The second-order valence-corrected chi connectivity index (χ2v) is 6.80. The zero-order valence-corrected chi connectivity index (χ0v) is 17.6. The lowest BCUT2D eigenvalue weighted by atomic mass is 10.1. The highest BCUT2D eigenvalue weighted by atomic mass is 16.5. The third-order valence-corrected chi connectivity index (χ3v) is 4.29. The Morgan fingerprint density at radius 2 is 1.69 bits per heavy atom. The molecule has 0 saturated carbocycles. The number of aryl methyl sites for hydroxylation is 3. The number of hydrogen-bond donors (Lipinski definition) is 2. The van der Waals surface area contributed by atoms with Gasteiger partial charge in [-0.25, -0.2) is 0 Å². The maximum Gasteiger partial charge on any atom is 0.258 e. The molecule has 154 valence electrons. The van der Waals surface area contributed by atoms with Crippen molar-refractivity contribution in [3.63, 3.8) is 0 Å². The summed E-state index contributed by atoms with van der Waals surface area (Å²) in [7, 11) is 1.54. The Morgan fingerprint density at radius 1 is 1.00 bits per heavy atom. The molecule has 2 aromatic carbocycles. The van der Waals surface area contributed by atoms with E-state index in [-0.39, 0.29) is 19.1 Å². The highest BCUT2D eigenvalue weighted by Gasteiger charge is 2.11. The van der Waals surface area contributed by atoms with Crippen LogP contribution in [-0.4, -0.2) is 32.1 Å². The summed E-state index contributed by atoms with van der Waals surface area (Å²) in [5.41, 5.74) is 4.85. The first-order chi connectivity index (χ1) is 13.8. The van der Waals surface area contributed by atoms with E-state index in [9.17, 15) is 9.59 Å². The van der Waals surface area contributed by atoms with Gasteiger partial charge in [-0.3, -0.25) is 9.59 Å². The summed E-state index contributed by atoms with van der Waals surface area (Å²) in [6, 6.07) is 9.45. The van der Waals surface area contributed by atoms with Crippen LogP contribution in [0.4, 0.5) is 5.69 Å². The molecule has 0 aliphatic rings. The fourth-order valence-corrected chi connectivity index (χ4v) is 3.03. The fraction of sp³-hybridized carbons (Fsp3) is 0.304. The van der Waals surface area contributed by atoms with Gasteiger partial charge in [0.05, 0.1) is 13.7 Å². The van der Waals surface area contributed by atoms with Crippen molar-refractivity contribution in [1.82, 2.24) is 5.32 Å². The molecule has 2 aromatic rings. The molecular formula is C23H28N2O4. The Labute approximate surface area is 171 Å². The number of allylic oxidation sites excluding steroid dienone is 1. The molecule has 29 heavy (non-hydrogen) atoms. The van der Waals surface area contributed by atoms with Crippen molar-refractivity contribution >= 4 is 23.6 Å². The zero-order chi connectivity index (χ0) is 21.4. The van der Waals surface area contributed by atoms with Gasteiger partial charge in [0.15, 0.2) is 18.1 Å². The lowest BCUT2D eigenvalue weighted by Crippen LogP contribution is -2.36. The van der Waals surface area contributed by atoms with Crippen molar-refractivity contribution in [2.45, 2.75) is 27.7 Å². The van der Waals surface area contributed by atoms with Gasteiger partial charge in [0.25, 0.3) is 5.91 Å². The van der Waals surface area contributed by atoms with Crippen LogP contribution in [0.1, 0.15) is 29.2 Å². The molecule has 0 radical (unpaired) electrons. The number of ether oxygens (including phenoxy) is 2. The topological polar surface area (TPSA) is 76.7 Å². The van der Waals surface area contributed by atoms with E-state index < -0.39 is 5.91 Å². The Morgan fingerprint density at radius 3 is 2.31 bits per heavy atom. The molecule has 0 bridgehead atoms. The number of nitrogens with one attached hydrogen (secondary N) is 2. The molecule has 0 unspecified atom stereocenters. The molecule has 2 amide bonds. The van der Waals surface area contributed by atoms with Crippen molar-refractivity contribution in [3.8, 4) is 11.5 Å². The van der Waals surface area contributed by atoms with Gasteiger partial charge < -0.3 is 20.1 Å². The standard InChI is InChI=1S/C23H28N2O4/c1-6-7-18-8-9-19(20(12-18)28-5)29-14-22(27)24-13-21(26)25-23-16(3)10-15(2)11-17(23)4/h6-12H,13-14H2,1-5H3,(H,24,27)(H,25,26). The average molecular weight is 396 g/mol. The SMILES string of the molecule is CC=Cc1ccc(OCC(=O)NCC(=O)Nc2c(C)cc(C)cc2C)c(OC)c1. The van der Waals surface area contributed by atoms with Crippen LogP contribution in [0.15, 0.2) is 36.4 Å². The average Bonchev–Trinajstić information content (AvgIpc) is 2.68. The maximum absolute atomic E-state index is 12.2. The van der Waals surface area contributed by atoms with Crippen molar-refractivity contribution in [2.24, 2.45) is 0 Å². The van der Waals surface area contributed by atoms with E-state index in [0.29, 0.717) is 11.5 Å². The molecule has 0 saturated heterocycles. The van der Waals surface area contributed by atoms with Crippen LogP contribution < -0.4 is 20.1 Å². The Hall–Kier alpha value is -3.28. The summed E-state index contributed by atoms with van der Waals surface area (Å²) >= 11 is 0. The molecule has 0 heterocycles. The summed E-state index contributed by atoms with van der Waals surface area (Å²) in [6.45, 7) is 7.48. The van der Waals surface area contributed by atoms with Crippen molar-refractivity contribution in [3.05, 3.63) is 58.7 Å². The van der Waals surface area contributed by atoms with E-state index >= 15 is 0 Å². The van der Waals surface area contributed by atoms with Crippen LogP contribution >= 0.6 is 0 Å². The molecule has 2 N–H and O–H groups in total. The number of carbonyl (C=O) groups is 2. The van der Waals surface area contributed by atoms with Gasteiger partial charge >= 0.3 is 0 Å². The van der Waals surface area contributed by atoms with Crippen LogP contribution in [0, 0.1) is 20.8 Å². The van der Waals surface area contributed by atoms with Crippen molar-refractivity contribution < 1.29 is 19.1 Å². The number of hydrogen-bond acceptors (Lipinski definition) is 4. The largest absolute Gasteiger partial charge is 0.493 e. The predicted octanol–water partition coefficient (Wildman–Crippen LogP) is 3.79. The first-order valence-electron chi connectivity index (χ1n) is 9.42.